The Labute approximate surface area is 223 Å². The summed E-state index contributed by atoms with van der Waals surface area (Å²) in [6, 6.07) is 19.5. The van der Waals surface area contributed by atoms with Gasteiger partial charge in [-0.05, 0) is 0 Å². The number of hydrogen-bond acceptors (Lipinski definition) is 9. The number of nitrogens with zero attached hydrogens (tertiary/aromatic N) is 2. The number of hydrogen-bond donors (Lipinski definition) is 5. The maximum atomic E-state index is 13.6. The SMILES string of the molecule is NC(NS(=O)(=O)c1cccc2ccccc12)(c1ccc([N+](=O)[O-])c([N+](=O)[O-])c1Nc1ccccc1)[As](=O)(O)O. The molecular weight excluding hydrogens is 597 g/mol. The molecule has 0 amide bonds. The summed E-state index contributed by atoms with van der Waals surface area (Å²) in [5.41, 5.74) is 2.55. The molecule has 0 fully saturated rings. The van der Waals surface area contributed by atoms with Gasteiger partial charge in [0, 0.05) is 0 Å². The number of nitro groups is 2. The second kappa shape index (κ2) is 10.2. The molecule has 0 bridgehead atoms. The molecule has 14 nitrogen and oxygen atoms in total. The van der Waals surface area contributed by atoms with Crippen LogP contribution in [0.1, 0.15) is 5.56 Å². The van der Waals surface area contributed by atoms with Crippen molar-refractivity contribution in [2.45, 2.75) is 9.35 Å². The molecule has 16 heteroatoms. The van der Waals surface area contributed by atoms with Crippen molar-refractivity contribution in [1.82, 2.24) is 4.72 Å². The standard InChI is InChI=1S/C23H20AsN5O9S/c25-23(24(30,31)32,27-39(37,38)20-12-6-8-15-7-4-5-11-17(15)20)18-13-14-19(28(33)34)22(29(35)36)21(18)26-16-9-2-1-3-10-16/h1-14,26-27H,25H2,(H2,30,31,32). The molecule has 1 atom stereocenters. The van der Waals surface area contributed by atoms with Crippen molar-refractivity contribution in [1.29, 1.82) is 0 Å². The quantitative estimate of drug-likeness (QED) is 0.0792. The zero-order valence-electron chi connectivity index (χ0n) is 19.7. The fraction of sp³-hybridized carbons (Fsp3) is 0.0435. The molecule has 0 saturated carbocycles. The maximum absolute atomic E-state index is 13.6. The van der Waals surface area contributed by atoms with E-state index in [2.05, 4.69) is 5.32 Å². The molecule has 0 aliphatic heterocycles. The Morgan fingerprint density at radius 1 is 0.846 bits per heavy atom. The van der Waals surface area contributed by atoms with E-state index in [0.717, 1.165) is 6.07 Å². The van der Waals surface area contributed by atoms with Crippen molar-refractivity contribution >= 4 is 57.7 Å². The molecule has 0 spiro atoms. The van der Waals surface area contributed by atoms with E-state index in [1.54, 1.807) is 30.3 Å². The number of fused-ring (bicyclic) bond motifs is 1. The van der Waals surface area contributed by atoms with Crippen LogP contribution in [0.2, 0.25) is 0 Å². The Morgan fingerprint density at radius 3 is 2.08 bits per heavy atom. The number of nitrogens with two attached hydrogens (primary N) is 1. The molecule has 4 aromatic carbocycles. The number of rotatable bonds is 9. The molecule has 0 aromatic heterocycles. The van der Waals surface area contributed by atoms with Crippen LogP contribution in [0.25, 0.3) is 10.8 Å². The number of nitrogens with one attached hydrogen (secondary N) is 2. The molecule has 0 saturated heterocycles. The van der Waals surface area contributed by atoms with Crippen LogP contribution in [0.3, 0.4) is 0 Å². The van der Waals surface area contributed by atoms with E-state index in [0.29, 0.717) is 11.5 Å². The van der Waals surface area contributed by atoms with Crippen LogP contribution in [0.4, 0.5) is 22.7 Å². The third-order valence-electron chi connectivity index (χ3n) is 5.78. The summed E-state index contributed by atoms with van der Waals surface area (Å²) in [5, 5.41) is 26.9. The summed E-state index contributed by atoms with van der Waals surface area (Å²) in [7, 11) is -4.81. The van der Waals surface area contributed by atoms with Crippen molar-refractivity contribution in [3.8, 4) is 0 Å². The van der Waals surface area contributed by atoms with Crippen LogP contribution in [0.15, 0.2) is 89.8 Å². The van der Waals surface area contributed by atoms with Gasteiger partial charge in [0.05, 0.1) is 0 Å². The average Bonchev–Trinajstić information content (AvgIpc) is 2.87. The minimum absolute atomic E-state index is 0.139. The van der Waals surface area contributed by atoms with Gasteiger partial charge in [0.2, 0.25) is 0 Å². The van der Waals surface area contributed by atoms with Gasteiger partial charge in [0.15, 0.2) is 0 Å². The van der Waals surface area contributed by atoms with E-state index in [4.69, 9.17) is 5.73 Å². The van der Waals surface area contributed by atoms with Crippen LogP contribution < -0.4 is 15.8 Å². The molecule has 0 radical (unpaired) electrons. The first kappa shape index (κ1) is 27.9. The molecule has 202 valence electrons. The summed E-state index contributed by atoms with van der Waals surface area (Å²) in [6.07, 6.45) is 0. The van der Waals surface area contributed by atoms with E-state index in [1.807, 2.05) is 4.72 Å². The Hall–Kier alpha value is -4.11. The van der Waals surface area contributed by atoms with Gasteiger partial charge >= 0.3 is 224 Å². The summed E-state index contributed by atoms with van der Waals surface area (Å²) >= 11 is -6.53. The van der Waals surface area contributed by atoms with Gasteiger partial charge in [0.1, 0.15) is 0 Å². The molecule has 39 heavy (non-hydrogen) atoms. The molecule has 1 unspecified atom stereocenters. The molecule has 0 aliphatic rings. The number of sulfonamides is 1. The van der Waals surface area contributed by atoms with Crippen molar-refractivity contribution in [3.05, 3.63) is 111 Å². The number of para-hydroxylation sites is 1. The average molecular weight is 617 g/mol. The Kier molecular flexibility index (Phi) is 7.31. The molecule has 0 aliphatic carbocycles. The van der Waals surface area contributed by atoms with Gasteiger partial charge in [0.25, 0.3) is 0 Å². The summed E-state index contributed by atoms with van der Waals surface area (Å²) in [5.74, 6) is 0. The summed E-state index contributed by atoms with van der Waals surface area (Å²) in [4.78, 5) is 21.1. The van der Waals surface area contributed by atoms with Gasteiger partial charge in [-0.1, -0.05) is 0 Å². The van der Waals surface area contributed by atoms with Crippen molar-refractivity contribution in [2.75, 3.05) is 5.32 Å². The Balaban J connectivity index is 2.00. The Morgan fingerprint density at radius 2 is 1.46 bits per heavy atom. The van der Waals surface area contributed by atoms with Gasteiger partial charge in [-0.15, -0.1) is 0 Å². The minimum atomic E-state index is -6.53. The van der Waals surface area contributed by atoms with Gasteiger partial charge < -0.3 is 0 Å². The zero-order chi connectivity index (χ0) is 28.6. The number of benzene rings is 4. The topological polar surface area (TPSA) is 228 Å². The molecule has 4 rings (SSSR count). The van der Waals surface area contributed by atoms with Gasteiger partial charge in [-0.25, -0.2) is 0 Å². The van der Waals surface area contributed by atoms with Crippen LogP contribution in [-0.2, 0) is 18.2 Å². The number of nitro benzene ring substituents is 2. The molecule has 0 heterocycles. The van der Waals surface area contributed by atoms with Crippen molar-refractivity contribution in [3.63, 3.8) is 0 Å². The van der Waals surface area contributed by atoms with Crippen molar-refractivity contribution in [2.24, 2.45) is 5.73 Å². The van der Waals surface area contributed by atoms with E-state index >= 15 is 0 Å². The monoisotopic (exact) mass is 617 g/mol. The second-order valence-electron chi connectivity index (χ2n) is 8.25. The van der Waals surface area contributed by atoms with Crippen LogP contribution >= 0.6 is 0 Å². The molecular formula is C23H20AsN5O9S. The zero-order valence-corrected chi connectivity index (χ0v) is 22.4. The molecule has 6 N–H and O–H groups in total. The normalized spacial score (nSPS) is 13.5. The van der Waals surface area contributed by atoms with E-state index < -0.39 is 61.1 Å². The first-order chi connectivity index (χ1) is 18.3. The van der Waals surface area contributed by atoms with Crippen LogP contribution in [0.5, 0.6) is 0 Å². The third-order valence-corrected chi connectivity index (χ3v) is 10.3. The van der Waals surface area contributed by atoms with Crippen molar-refractivity contribution < 1.29 is 30.2 Å². The van der Waals surface area contributed by atoms with E-state index in [-0.39, 0.29) is 16.0 Å². The predicted molar refractivity (Wildman–Crippen MR) is 140 cm³/mol. The number of anilines is 2. The first-order valence-electron chi connectivity index (χ1n) is 10.9. The predicted octanol–water partition coefficient (Wildman–Crippen LogP) is 2.38. The fourth-order valence-electron chi connectivity index (χ4n) is 3.98. The Bertz CT molecular complexity index is 1760. The van der Waals surface area contributed by atoms with E-state index in [1.165, 1.54) is 42.5 Å². The molecule has 4 aromatic rings. The van der Waals surface area contributed by atoms with Gasteiger partial charge in [-0.2, -0.15) is 0 Å². The van der Waals surface area contributed by atoms with E-state index in [9.17, 15) is 40.6 Å². The van der Waals surface area contributed by atoms with Crippen LogP contribution in [0, 0.1) is 20.2 Å². The van der Waals surface area contributed by atoms with Crippen LogP contribution in [-0.4, -0.2) is 40.6 Å². The second-order valence-corrected chi connectivity index (χ2v) is 13.7. The third kappa shape index (κ3) is 5.27. The van der Waals surface area contributed by atoms with Gasteiger partial charge in [-0.3, -0.25) is 0 Å². The summed E-state index contributed by atoms with van der Waals surface area (Å²) in [6.45, 7) is 0. The summed E-state index contributed by atoms with van der Waals surface area (Å²) < 4.78 is 59.4. The first-order valence-corrected chi connectivity index (χ1v) is 15.8. The fourth-order valence-corrected chi connectivity index (χ4v) is 8.02.